The van der Waals surface area contributed by atoms with Gasteiger partial charge in [0, 0.05) is 25.0 Å². The molecule has 0 aromatic heterocycles. The van der Waals surface area contributed by atoms with Gasteiger partial charge in [0.05, 0.1) is 0 Å². The second-order valence-electron chi connectivity index (χ2n) is 5.96. The van der Waals surface area contributed by atoms with Crippen molar-refractivity contribution in [3.63, 3.8) is 0 Å². The maximum atomic E-state index is 11.7. The van der Waals surface area contributed by atoms with E-state index in [1.54, 1.807) is 0 Å². The van der Waals surface area contributed by atoms with Crippen LogP contribution in [0.4, 0.5) is 0 Å². The van der Waals surface area contributed by atoms with Crippen LogP contribution in [0.2, 0.25) is 0 Å². The summed E-state index contributed by atoms with van der Waals surface area (Å²) >= 11 is 0. The zero-order valence-corrected chi connectivity index (χ0v) is 12.9. The van der Waals surface area contributed by atoms with Crippen molar-refractivity contribution in [2.24, 2.45) is 0 Å². The van der Waals surface area contributed by atoms with E-state index in [0.717, 1.165) is 19.5 Å². The fraction of sp³-hybridized carbons (Fsp3) is 0.933. The summed E-state index contributed by atoms with van der Waals surface area (Å²) in [5.41, 5.74) is 0. The Morgan fingerprint density at radius 3 is 2.47 bits per heavy atom. The van der Waals surface area contributed by atoms with Crippen LogP contribution < -0.4 is 10.6 Å². The summed E-state index contributed by atoms with van der Waals surface area (Å²) in [5, 5.41) is 6.39. The van der Waals surface area contributed by atoms with Crippen molar-refractivity contribution < 1.29 is 4.79 Å². The van der Waals surface area contributed by atoms with Crippen molar-refractivity contribution in [1.29, 1.82) is 0 Å². The summed E-state index contributed by atoms with van der Waals surface area (Å²) < 4.78 is 0. The van der Waals surface area contributed by atoms with E-state index < -0.39 is 0 Å². The molecule has 112 valence electrons. The molecule has 1 amide bonds. The number of likely N-dealkylation sites (tertiary alicyclic amines) is 1. The Labute approximate surface area is 118 Å². The molecule has 1 aliphatic heterocycles. The molecule has 1 fully saturated rings. The van der Waals surface area contributed by atoms with Gasteiger partial charge in [-0.05, 0) is 45.8 Å². The van der Waals surface area contributed by atoms with Gasteiger partial charge in [-0.1, -0.05) is 20.3 Å². The Morgan fingerprint density at radius 1 is 1.16 bits per heavy atom. The van der Waals surface area contributed by atoms with Crippen molar-refractivity contribution in [2.75, 3.05) is 26.2 Å². The number of carbonyl (C=O) groups is 1. The molecule has 0 aromatic rings. The average Bonchev–Trinajstić information content (AvgIpc) is 2.41. The Bertz CT molecular complexity index is 250. The van der Waals surface area contributed by atoms with Gasteiger partial charge < -0.3 is 10.6 Å². The van der Waals surface area contributed by atoms with E-state index in [-0.39, 0.29) is 5.91 Å². The number of rotatable bonds is 8. The van der Waals surface area contributed by atoms with Gasteiger partial charge >= 0.3 is 0 Å². The molecular weight excluding hydrogens is 238 g/mol. The summed E-state index contributed by atoms with van der Waals surface area (Å²) in [6.07, 6.45) is 5.52. The van der Waals surface area contributed by atoms with Gasteiger partial charge in [0.25, 0.3) is 0 Å². The highest BCUT2D eigenvalue weighted by Crippen LogP contribution is 2.11. The summed E-state index contributed by atoms with van der Waals surface area (Å²) in [6.45, 7) is 10.6. The van der Waals surface area contributed by atoms with Crippen molar-refractivity contribution in [3.8, 4) is 0 Å². The lowest BCUT2D eigenvalue weighted by Gasteiger charge is -2.32. The molecule has 2 N–H and O–H groups in total. The van der Waals surface area contributed by atoms with Gasteiger partial charge in [-0.2, -0.15) is 0 Å². The molecule has 0 radical (unpaired) electrons. The first-order valence-corrected chi connectivity index (χ1v) is 7.83. The first-order valence-electron chi connectivity index (χ1n) is 7.83. The van der Waals surface area contributed by atoms with Gasteiger partial charge in [0.2, 0.25) is 5.91 Å². The predicted molar refractivity (Wildman–Crippen MR) is 80.3 cm³/mol. The zero-order chi connectivity index (χ0) is 14.1. The second kappa shape index (κ2) is 9.32. The van der Waals surface area contributed by atoms with Crippen LogP contribution in [0.1, 0.15) is 52.9 Å². The molecule has 1 saturated heterocycles. The minimum atomic E-state index is 0.189. The lowest BCUT2D eigenvalue weighted by molar-refractivity contribution is -0.121. The van der Waals surface area contributed by atoms with Crippen LogP contribution in [0.5, 0.6) is 0 Å². The number of hydrogen-bond acceptors (Lipinski definition) is 3. The lowest BCUT2D eigenvalue weighted by atomic mass is 10.1. The molecule has 0 bridgehead atoms. The van der Waals surface area contributed by atoms with Crippen LogP contribution in [0.3, 0.4) is 0 Å². The van der Waals surface area contributed by atoms with Crippen LogP contribution in [0.15, 0.2) is 0 Å². The number of carbonyl (C=O) groups excluding carboxylic acids is 1. The third-order valence-electron chi connectivity index (χ3n) is 3.74. The molecule has 1 aliphatic rings. The number of nitrogens with zero attached hydrogens (tertiary/aromatic N) is 1. The van der Waals surface area contributed by atoms with E-state index in [0.29, 0.717) is 18.5 Å². The molecular formula is C15H31N3O. The van der Waals surface area contributed by atoms with Crippen molar-refractivity contribution in [2.45, 2.75) is 65.0 Å². The van der Waals surface area contributed by atoms with E-state index in [1.807, 2.05) is 0 Å². The Kier molecular flexibility index (Phi) is 8.07. The summed E-state index contributed by atoms with van der Waals surface area (Å²) in [4.78, 5) is 14.2. The van der Waals surface area contributed by atoms with Crippen molar-refractivity contribution in [3.05, 3.63) is 0 Å². The smallest absolute Gasteiger partial charge is 0.220 e. The molecule has 19 heavy (non-hydrogen) atoms. The molecule has 1 heterocycles. The average molecular weight is 269 g/mol. The Balaban J connectivity index is 2.05. The largest absolute Gasteiger partial charge is 0.355 e. The second-order valence-corrected chi connectivity index (χ2v) is 5.96. The number of hydrogen-bond donors (Lipinski definition) is 2. The third kappa shape index (κ3) is 7.53. The molecule has 4 nitrogen and oxygen atoms in total. The number of piperidine rings is 1. The van der Waals surface area contributed by atoms with Crippen LogP contribution in [-0.4, -0.2) is 49.1 Å². The van der Waals surface area contributed by atoms with E-state index in [9.17, 15) is 4.79 Å². The molecule has 1 unspecified atom stereocenters. The quantitative estimate of drug-likeness (QED) is 0.660. The van der Waals surface area contributed by atoms with Crippen LogP contribution >= 0.6 is 0 Å². The molecule has 4 heteroatoms. The minimum Gasteiger partial charge on any atom is -0.355 e. The monoisotopic (exact) mass is 269 g/mol. The summed E-state index contributed by atoms with van der Waals surface area (Å²) in [7, 11) is 0. The minimum absolute atomic E-state index is 0.189. The topological polar surface area (TPSA) is 44.4 Å². The molecule has 1 atom stereocenters. The molecule has 0 spiro atoms. The first kappa shape index (κ1) is 16.4. The highest BCUT2D eigenvalue weighted by molar-refractivity contribution is 5.75. The highest BCUT2D eigenvalue weighted by Gasteiger charge is 2.16. The summed E-state index contributed by atoms with van der Waals surface area (Å²) in [6, 6.07) is 0.972. The van der Waals surface area contributed by atoms with E-state index in [4.69, 9.17) is 0 Å². The zero-order valence-electron chi connectivity index (χ0n) is 12.9. The maximum absolute atomic E-state index is 11.7. The van der Waals surface area contributed by atoms with E-state index >= 15 is 0 Å². The highest BCUT2D eigenvalue weighted by atomic mass is 16.1. The predicted octanol–water partition coefficient (Wildman–Crippen LogP) is 1.76. The molecule has 0 aromatic carbocycles. The van der Waals surface area contributed by atoms with Gasteiger partial charge in [-0.25, -0.2) is 0 Å². The fourth-order valence-electron chi connectivity index (χ4n) is 2.48. The summed E-state index contributed by atoms with van der Waals surface area (Å²) in [5.74, 6) is 0.189. The first-order chi connectivity index (χ1) is 9.09. The molecule has 1 rings (SSSR count). The SMILES string of the molecule is CC(C)NCCCC(=O)NCC(C)N1CCCCC1. The van der Waals surface area contributed by atoms with Gasteiger partial charge in [-0.15, -0.1) is 0 Å². The van der Waals surface area contributed by atoms with Crippen molar-refractivity contribution in [1.82, 2.24) is 15.5 Å². The van der Waals surface area contributed by atoms with E-state index in [2.05, 4.69) is 36.3 Å². The van der Waals surface area contributed by atoms with Gasteiger partial charge in [-0.3, -0.25) is 9.69 Å². The van der Waals surface area contributed by atoms with Crippen molar-refractivity contribution >= 4 is 5.91 Å². The Morgan fingerprint density at radius 2 is 1.84 bits per heavy atom. The van der Waals surface area contributed by atoms with E-state index in [1.165, 1.54) is 32.4 Å². The standard InChI is InChI=1S/C15H31N3O/c1-13(2)16-9-7-8-15(19)17-12-14(3)18-10-5-4-6-11-18/h13-14,16H,4-12H2,1-3H3,(H,17,19). The molecule has 0 saturated carbocycles. The lowest BCUT2D eigenvalue weighted by Crippen LogP contribution is -2.44. The number of nitrogens with one attached hydrogen (secondary N) is 2. The third-order valence-corrected chi connectivity index (χ3v) is 3.74. The normalized spacial score (nSPS) is 18.5. The van der Waals surface area contributed by atoms with Crippen LogP contribution in [0.25, 0.3) is 0 Å². The van der Waals surface area contributed by atoms with Crippen LogP contribution in [-0.2, 0) is 4.79 Å². The van der Waals surface area contributed by atoms with Gasteiger partial charge in [0.1, 0.15) is 0 Å². The fourth-order valence-corrected chi connectivity index (χ4v) is 2.48. The van der Waals surface area contributed by atoms with Crippen LogP contribution in [0, 0.1) is 0 Å². The maximum Gasteiger partial charge on any atom is 0.220 e. The van der Waals surface area contributed by atoms with Gasteiger partial charge in [0.15, 0.2) is 0 Å². The Hall–Kier alpha value is -0.610. The number of amides is 1. The molecule has 0 aliphatic carbocycles.